The van der Waals surface area contributed by atoms with Crippen LogP contribution in [0.2, 0.25) is 0 Å². The fourth-order valence-corrected chi connectivity index (χ4v) is 3.14. The number of ether oxygens (including phenoxy) is 1. The first-order valence-corrected chi connectivity index (χ1v) is 9.46. The van der Waals surface area contributed by atoms with Gasteiger partial charge in [-0.1, -0.05) is 57.2 Å². The summed E-state index contributed by atoms with van der Waals surface area (Å²) < 4.78 is 10.9. The van der Waals surface area contributed by atoms with Crippen molar-refractivity contribution in [1.29, 1.82) is 0 Å². The Balaban J connectivity index is 1.65. The van der Waals surface area contributed by atoms with Crippen LogP contribution in [0, 0.1) is 6.92 Å². The van der Waals surface area contributed by atoms with Crippen molar-refractivity contribution in [3.63, 3.8) is 0 Å². The maximum atomic E-state index is 12.6. The highest BCUT2D eigenvalue weighted by Gasteiger charge is 2.21. The third kappa shape index (κ3) is 4.33. The second kappa shape index (κ2) is 7.63. The minimum atomic E-state index is -0.839. The van der Waals surface area contributed by atoms with Crippen LogP contribution in [-0.2, 0) is 21.4 Å². The molecule has 0 aliphatic rings. The van der Waals surface area contributed by atoms with Gasteiger partial charge in [-0.05, 0) is 36.5 Å². The predicted molar refractivity (Wildman–Crippen MR) is 110 cm³/mol. The molecule has 0 amide bonds. The summed E-state index contributed by atoms with van der Waals surface area (Å²) >= 11 is 0. The summed E-state index contributed by atoms with van der Waals surface area (Å²) in [5.74, 6) is -0.656. The Morgan fingerprint density at radius 2 is 1.75 bits per heavy atom. The van der Waals surface area contributed by atoms with Crippen molar-refractivity contribution >= 4 is 22.7 Å². The number of carbonyl (C=O) groups is 2. The number of furan rings is 1. The van der Waals surface area contributed by atoms with Crippen LogP contribution in [-0.4, -0.2) is 17.9 Å². The number of carbonyl (C=O) groups excluding carboxylic acids is 2. The van der Waals surface area contributed by atoms with E-state index in [-0.39, 0.29) is 17.6 Å². The average Bonchev–Trinajstić information content (AvgIpc) is 3.02. The summed E-state index contributed by atoms with van der Waals surface area (Å²) in [6, 6.07) is 13.3. The third-order valence-corrected chi connectivity index (χ3v) is 4.86. The van der Waals surface area contributed by atoms with Crippen molar-refractivity contribution in [3.05, 3.63) is 71.0 Å². The number of hydrogen-bond acceptors (Lipinski definition) is 4. The zero-order chi connectivity index (χ0) is 20.5. The SMILES string of the molecule is Cc1ccc2c(CC(=O)O[C@H](C)C(=O)c3ccc(C(C)(C)C)cc3)coc2c1. The number of ketones is 1. The first-order valence-electron chi connectivity index (χ1n) is 9.46. The molecule has 4 nitrogen and oxygen atoms in total. The molecule has 0 aliphatic carbocycles. The molecule has 1 aromatic heterocycles. The lowest BCUT2D eigenvalue weighted by Crippen LogP contribution is -2.25. The first kappa shape index (κ1) is 19.9. The molecule has 146 valence electrons. The Hall–Kier alpha value is -2.88. The van der Waals surface area contributed by atoms with Crippen LogP contribution in [0.25, 0.3) is 11.0 Å². The van der Waals surface area contributed by atoms with E-state index in [1.807, 2.05) is 37.3 Å². The van der Waals surface area contributed by atoms with Crippen LogP contribution < -0.4 is 0 Å². The summed E-state index contributed by atoms with van der Waals surface area (Å²) in [6.07, 6.45) is 0.799. The number of benzene rings is 2. The van der Waals surface area contributed by atoms with E-state index >= 15 is 0 Å². The molecule has 0 radical (unpaired) electrons. The number of esters is 1. The van der Waals surface area contributed by atoms with E-state index in [1.54, 1.807) is 25.3 Å². The van der Waals surface area contributed by atoms with Gasteiger partial charge in [0.25, 0.3) is 0 Å². The van der Waals surface area contributed by atoms with Gasteiger partial charge in [0.1, 0.15) is 5.58 Å². The average molecular weight is 378 g/mol. The molecule has 0 spiro atoms. The monoisotopic (exact) mass is 378 g/mol. The van der Waals surface area contributed by atoms with Crippen LogP contribution in [0.5, 0.6) is 0 Å². The molecule has 0 saturated heterocycles. The molecule has 0 unspecified atom stereocenters. The standard InChI is InChI=1S/C24H26O4/c1-15-6-11-20-18(14-27-21(20)12-15)13-22(25)28-16(2)23(26)17-7-9-19(10-8-17)24(3,4)5/h6-12,14,16H,13H2,1-5H3/t16-/m1/s1. The zero-order valence-corrected chi connectivity index (χ0v) is 17.0. The van der Waals surface area contributed by atoms with E-state index in [4.69, 9.17) is 9.15 Å². The molecule has 3 aromatic rings. The molecule has 0 N–H and O–H groups in total. The number of rotatable bonds is 5. The van der Waals surface area contributed by atoms with Gasteiger partial charge >= 0.3 is 5.97 Å². The Bertz CT molecular complexity index is 1000. The number of aryl methyl sites for hydroxylation is 1. The minimum Gasteiger partial charge on any atom is -0.464 e. The zero-order valence-electron chi connectivity index (χ0n) is 17.0. The van der Waals surface area contributed by atoms with Gasteiger partial charge in [-0.15, -0.1) is 0 Å². The van der Waals surface area contributed by atoms with E-state index in [0.29, 0.717) is 5.56 Å². The van der Waals surface area contributed by atoms with Crippen molar-refractivity contribution in [1.82, 2.24) is 0 Å². The third-order valence-electron chi connectivity index (χ3n) is 4.86. The molecule has 1 atom stereocenters. The molecule has 0 saturated carbocycles. The number of hydrogen-bond donors (Lipinski definition) is 0. The Morgan fingerprint density at radius 1 is 1.07 bits per heavy atom. The van der Waals surface area contributed by atoms with Crippen LogP contribution in [0.4, 0.5) is 0 Å². The van der Waals surface area contributed by atoms with Gasteiger partial charge in [0.05, 0.1) is 12.7 Å². The van der Waals surface area contributed by atoms with Gasteiger partial charge in [0, 0.05) is 16.5 Å². The molecular formula is C24H26O4. The van der Waals surface area contributed by atoms with E-state index < -0.39 is 12.1 Å². The Labute approximate surface area is 165 Å². The molecule has 28 heavy (non-hydrogen) atoms. The van der Waals surface area contributed by atoms with Crippen LogP contribution >= 0.6 is 0 Å². The Kier molecular flexibility index (Phi) is 5.41. The van der Waals surface area contributed by atoms with Crippen LogP contribution in [0.15, 0.2) is 53.1 Å². The number of fused-ring (bicyclic) bond motifs is 1. The summed E-state index contributed by atoms with van der Waals surface area (Å²) in [7, 11) is 0. The van der Waals surface area contributed by atoms with Gasteiger partial charge in [0.15, 0.2) is 6.10 Å². The summed E-state index contributed by atoms with van der Waals surface area (Å²) in [5, 5.41) is 0.888. The van der Waals surface area contributed by atoms with Gasteiger partial charge in [-0.3, -0.25) is 9.59 Å². The molecular weight excluding hydrogens is 352 g/mol. The second-order valence-corrected chi connectivity index (χ2v) is 8.26. The van der Waals surface area contributed by atoms with E-state index in [9.17, 15) is 9.59 Å². The smallest absolute Gasteiger partial charge is 0.311 e. The maximum Gasteiger partial charge on any atom is 0.311 e. The fraction of sp³-hybridized carbons (Fsp3) is 0.333. The molecule has 3 rings (SSSR count). The maximum absolute atomic E-state index is 12.6. The van der Waals surface area contributed by atoms with Gasteiger partial charge in [-0.2, -0.15) is 0 Å². The van der Waals surface area contributed by atoms with Crippen LogP contribution in [0.3, 0.4) is 0 Å². The van der Waals surface area contributed by atoms with E-state index in [2.05, 4.69) is 20.8 Å². The highest BCUT2D eigenvalue weighted by Crippen LogP contribution is 2.24. The molecule has 0 aliphatic heterocycles. The van der Waals surface area contributed by atoms with Crippen molar-refractivity contribution < 1.29 is 18.7 Å². The van der Waals surface area contributed by atoms with Gasteiger partial charge in [0.2, 0.25) is 5.78 Å². The molecule has 2 aromatic carbocycles. The molecule has 0 bridgehead atoms. The summed E-state index contributed by atoms with van der Waals surface area (Å²) in [6.45, 7) is 9.95. The summed E-state index contributed by atoms with van der Waals surface area (Å²) in [5.41, 5.74) is 4.30. The molecule has 4 heteroatoms. The minimum absolute atomic E-state index is 0.0194. The molecule has 1 heterocycles. The summed E-state index contributed by atoms with van der Waals surface area (Å²) in [4.78, 5) is 24.9. The highest BCUT2D eigenvalue weighted by atomic mass is 16.5. The molecule has 0 fully saturated rings. The lowest BCUT2D eigenvalue weighted by molar-refractivity contribution is -0.145. The van der Waals surface area contributed by atoms with Crippen molar-refractivity contribution in [2.24, 2.45) is 0 Å². The normalized spacial score (nSPS) is 12.8. The fourth-order valence-electron chi connectivity index (χ4n) is 3.14. The predicted octanol–water partition coefficient (Wildman–Crippen LogP) is 5.40. The van der Waals surface area contributed by atoms with Crippen LogP contribution in [0.1, 0.15) is 54.7 Å². The van der Waals surface area contributed by atoms with Crippen molar-refractivity contribution in [3.8, 4) is 0 Å². The van der Waals surface area contributed by atoms with E-state index in [1.165, 1.54) is 0 Å². The van der Waals surface area contributed by atoms with Gasteiger partial charge in [-0.25, -0.2) is 0 Å². The first-order chi connectivity index (χ1) is 13.1. The number of Topliss-reactive ketones (excluding diaryl/α,β-unsaturated/α-hetero) is 1. The van der Waals surface area contributed by atoms with Gasteiger partial charge < -0.3 is 9.15 Å². The van der Waals surface area contributed by atoms with E-state index in [0.717, 1.165) is 27.7 Å². The van der Waals surface area contributed by atoms with Crippen molar-refractivity contribution in [2.75, 3.05) is 0 Å². The Morgan fingerprint density at radius 3 is 2.39 bits per heavy atom. The highest BCUT2D eigenvalue weighted by molar-refractivity contribution is 6.00. The van der Waals surface area contributed by atoms with Crippen molar-refractivity contribution in [2.45, 2.75) is 52.6 Å². The lowest BCUT2D eigenvalue weighted by atomic mass is 9.86. The lowest BCUT2D eigenvalue weighted by Gasteiger charge is -2.19. The quantitative estimate of drug-likeness (QED) is 0.441. The largest absolute Gasteiger partial charge is 0.464 e. The second-order valence-electron chi connectivity index (χ2n) is 8.26. The topological polar surface area (TPSA) is 56.5 Å².